The SMILES string of the molecule is CC(C)c1cc(-c2n[nH]c(=O)n2-c2ccc(N3CCN(C(=O)Oc4ccc5nc6c(cc5c4)cn4cc5c(cc64)C=COC5)CC3)cc2)c(O)cc1O. The molecule has 0 saturated carbocycles. The molecule has 13 heteroatoms. The van der Waals surface area contributed by atoms with Crippen molar-refractivity contribution in [2.45, 2.75) is 26.4 Å². The van der Waals surface area contributed by atoms with Crippen molar-refractivity contribution in [1.82, 2.24) is 29.0 Å². The number of H-pyrrole nitrogens is 1. The molecule has 266 valence electrons. The van der Waals surface area contributed by atoms with E-state index in [1.54, 1.807) is 23.3 Å². The standard InChI is InChI=1S/C40H35N7O6/c1-23(2)31-18-32(36(49)19-35(31)48)38-42-43-39(50)47(38)29-5-3-28(4-6-29)44-10-12-45(13-11-44)40(51)53-30-7-8-33-25(16-30)15-26-20-46-21-27-22-52-14-9-24(27)17-34(46)37(26)41-33/h3-9,14-21,23,48-49H,10-13,22H2,1-2H3,(H,43,50). The largest absolute Gasteiger partial charge is 0.508 e. The summed E-state index contributed by atoms with van der Waals surface area (Å²) in [5, 5.41) is 29.5. The molecule has 1 saturated heterocycles. The van der Waals surface area contributed by atoms with Crippen LogP contribution in [-0.4, -0.2) is 71.5 Å². The van der Waals surface area contributed by atoms with Gasteiger partial charge in [-0.2, -0.15) is 5.10 Å². The van der Waals surface area contributed by atoms with E-state index in [1.165, 1.54) is 10.6 Å². The number of phenols is 2. The van der Waals surface area contributed by atoms with Gasteiger partial charge in [0.05, 0.1) is 34.1 Å². The highest BCUT2D eigenvalue weighted by atomic mass is 16.6. The summed E-state index contributed by atoms with van der Waals surface area (Å²) in [7, 11) is 0. The van der Waals surface area contributed by atoms with Gasteiger partial charge in [0.25, 0.3) is 0 Å². The number of hydrogen-bond donors (Lipinski definition) is 3. The van der Waals surface area contributed by atoms with Crippen LogP contribution in [0.15, 0.2) is 90.2 Å². The number of aromatic amines is 1. The van der Waals surface area contributed by atoms with Gasteiger partial charge >= 0.3 is 11.8 Å². The number of anilines is 1. The van der Waals surface area contributed by atoms with E-state index in [0.29, 0.717) is 55.3 Å². The summed E-state index contributed by atoms with van der Waals surface area (Å²) >= 11 is 0. The molecule has 0 bridgehead atoms. The van der Waals surface area contributed by atoms with Gasteiger partial charge in [-0.25, -0.2) is 24.2 Å². The Kier molecular flexibility index (Phi) is 7.57. The fourth-order valence-corrected chi connectivity index (χ4v) is 7.22. The number of ether oxygens (including phenoxy) is 2. The number of aromatic nitrogens is 5. The van der Waals surface area contributed by atoms with Crippen LogP contribution in [0, 0.1) is 0 Å². The summed E-state index contributed by atoms with van der Waals surface area (Å²) in [4.78, 5) is 34.9. The van der Waals surface area contributed by atoms with Gasteiger partial charge in [0.1, 0.15) is 23.9 Å². The van der Waals surface area contributed by atoms with E-state index in [-0.39, 0.29) is 23.2 Å². The summed E-state index contributed by atoms with van der Waals surface area (Å²) in [5.74, 6) is 0.478. The van der Waals surface area contributed by atoms with Gasteiger partial charge in [-0.15, -0.1) is 0 Å². The molecular formula is C40H35N7O6. The first-order chi connectivity index (χ1) is 25.7. The molecule has 6 heterocycles. The third-order valence-electron chi connectivity index (χ3n) is 10.1. The van der Waals surface area contributed by atoms with Crippen molar-refractivity contribution in [2.75, 3.05) is 31.1 Å². The average molecular weight is 710 g/mol. The molecule has 3 aromatic carbocycles. The molecule has 1 fully saturated rings. The minimum absolute atomic E-state index is 0.00912. The molecule has 7 aromatic rings. The number of fused-ring (bicyclic) bond motifs is 5. The molecule has 3 N–H and O–H groups in total. The highest BCUT2D eigenvalue weighted by Crippen LogP contribution is 2.37. The lowest BCUT2D eigenvalue weighted by atomic mass is 9.98. The summed E-state index contributed by atoms with van der Waals surface area (Å²) in [6.07, 6.45) is 7.41. The van der Waals surface area contributed by atoms with E-state index in [1.807, 2.05) is 56.3 Å². The second-order valence-corrected chi connectivity index (χ2v) is 13.7. The van der Waals surface area contributed by atoms with E-state index >= 15 is 0 Å². The van der Waals surface area contributed by atoms with Crippen LogP contribution >= 0.6 is 0 Å². The molecule has 1 amide bonds. The monoisotopic (exact) mass is 709 g/mol. The zero-order chi connectivity index (χ0) is 36.4. The van der Waals surface area contributed by atoms with E-state index in [9.17, 15) is 19.8 Å². The van der Waals surface area contributed by atoms with Crippen molar-refractivity contribution < 1.29 is 24.5 Å². The topological polar surface area (TPSA) is 150 Å². The maximum Gasteiger partial charge on any atom is 0.415 e. The number of nitrogens with zero attached hydrogens (tertiary/aromatic N) is 6. The first kappa shape index (κ1) is 32.2. The summed E-state index contributed by atoms with van der Waals surface area (Å²) < 4.78 is 14.8. The first-order valence-electron chi connectivity index (χ1n) is 17.4. The predicted molar refractivity (Wildman–Crippen MR) is 201 cm³/mol. The fourth-order valence-electron chi connectivity index (χ4n) is 7.22. The van der Waals surface area contributed by atoms with Crippen molar-refractivity contribution in [2.24, 2.45) is 0 Å². The number of rotatable bonds is 5. The minimum atomic E-state index is -0.459. The van der Waals surface area contributed by atoms with E-state index in [2.05, 4.69) is 44.0 Å². The maximum atomic E-state index is 13.2. The number of hydrogen-bond acceptors (Lipinski definition) is 9. The van der Waals surface area contributed by atoms with Crippen LogP contribution in [0.4, 0.5) is 10.5 Å². The Labute approximate surface area is 302 Å². The maximum absolute atomic E-state index is 13.2. The van der Waals surface area contributed by atoms with Crippen LogP contribution in [0.5, 0.6) is 17.2 Å². The van der Waals surface area contributed by atoms with E-state index in [0.717, 1.165) is 44.1 Å². The lowest BCUT2D eigenvalue weighted by molar-refractivity contribution is 0.149. The van der Waals surface area contributed by atoms with Gasteiger partial charge in [0, 0.05) is 66.7 Å². The van der Waals surface area contributed by atoms with Gasteiger partial charge in [0.2, 0.25) is 0 Å². The van der Waals surface area contributed by atoms with Crippen molar-refractivity contribution in [3.8, 4) is 34.3 Å². The number of carbonyl (C=O) groups excluding carboxylic acids is 1. The summed E-state index contributed by atoms with van der Waals surface area (Å²) in [6, 6.07) is 20.1. The Morgan fingerprint density at radius 1 is 0.906 bits per heavy atom. The Bertz CT molecular complexity index is 2670. The average Bonchev–Trinajstić information content (AvgIpc) is 3.71. The zero-order valence-corrected chi connectivity index (χ0v) is 29.0. The second kappa shape index (κ2) is 12.5. The quantitative estimate of drug-likeness (QED) is 0.181. The molecule has 53 heavy (non-hydrogen) atoms. The minimum Gasteiger partial charge on any atom is -0.508 e. The molecule has 9 rings (SSSR count). The number of nitrogens with one attached hydrogen (secondary N) is 1. The fraction of sp³-hybridized carbons (Fsp3) is 0.200. The number of carbonyl (C=O) groups is 1. The highest BCUT2D eigenvalue weighted by Gasteiger charge is 2.24. The Morgan fingerprint density at radius 3 is 2.49 bits per heavy atom. The summed E-state index contributed by atoms with van der Waals surface area (Å²) in [5.41, 5.74) is 6.99. The number of amides is 1. The third-order valence-corrected chi connectivity index (χ3v) is 10.1. The molecule has 0 aliphatic carbocycles. The number of phenolic OH excluding ortho intramolecular Hbond substituents is 2. The normalized spacial score (nSPS) is 14.3. The van der Waals surface area contributed by atoms with Gasteiger partial charge in [-0.3, -0.25) is 0 Å². The van der Waals surface area contributed by atoms with E-state index < -0.39 is 11.8 Å². The molecule has 0 radical (unpaired) electrons. The Balaban J connectivity index is 0.874. The first-order valence-corrected chi connectivity index (χ1v) is 17.4. The van der Waals surface area contributed by atoms with Crippen molar-refractivity contribution in [1.29, 1.82) is 0 Å². The Morgan fingerprint density at radius 2 is 1.70 bits per heavy atom. The molecule has 0 atom stereocenters. The van der Waals surface area contributed by atoms with Crippen molar-refractivity contribution in [3.63, 3.8) is 0 Å². The smallest absolute Gasteiger partial charge is 0.415 e. The van der Waals surface area contributed by atoms with Gasteiger partial charge in [-0.05, 0) is 83.8 Å². The third kappa shape index (κ3) is 5.66. The molecule has 0 unspecified atom stereocenters. The molecular weight excluding hydrogens is 674 g/mol. The van der Waals surface area contributed by atoms with Gasteiger partial charge in [0.15, 0.2) is 5.82 Å². The lowest BCUT2D eigenvalue weighted by Crippen LogP contribution is -2.49. The van der Waals surface area contributed by atoms with Crippen molar-refractivity contribution in [3.05, 3.63) is 113 Å². The van der Waals surface area contributed by atoms with Gasteiger partial charge in [-0.1, -0.05) is 13.8 Å². The van der Waals surface area contributed by atoms with Crippen molar-refractivity contribution >= 4 is 45.2 Å². The zero-order valence-electron chi connectivity index (χ0n) is 29.0. The number of aromatic hydroxyl groups is 2. The number of piperazine rings is 1. The predicted octanol–water partition coefficient (Wildman–Crippen LogP) is 6.54. The lowest BCUT2D eigenvalue weighted by Gasteiger charge is -2.35. The molecule has 0 spiro atoms. The number of benzene rings is 3. The summed E-state index contributed by atoms with van der Waals surface area (Å²) in [6.45, 7) is 6.54. The van der Waals surface area contributed by atoms with Gasteiger partial charge < -0.3 is 33.9 Å². The van der Waals surface area contributed by atoms with Crippen LogP contribution in [0.25, 0.3) is 50.5 Å². The Hall–Kier alpha value is -6.76. The number of pyridine rings is 2. The highest BCUT2D eigenvalue weighted by molar-refractivity contribution is 6.01. The van der Waals surface area contributed by atoms with Crippen LogP contribution < -0.4 is 15.3 Å². The van der Waals surface area contributed by atoms with Crippen LogP contribution in [0.2, 0.25) is 0 Å². The molecule has 2 aliphatic rings. The molecule has 13 nitrogen and oxygen atoms in total. The van der Waals surface area contributed by atoms with Crippen LogP contribution in [0.1, 0.15) is 36.5 Å². The second-order valence-electron chi connectivity index (χ2n) is 13.7. The van der Waals surface area contributed by atoms with E-state index in [4.69, 9.17) is 14.5 Å². The molecule has 2 aliphatic heterocycles. The molecule has 4 aromatic heterocycles. The van der Waals surface area contributed by atoms with Crippen LogP contribution in [-0.2, 0) is 11.3 Å². The van der Waals surface area contributed by atoms with Crippen LogP contribution in [0.3, 0.4) is 0 Å².